The predicted molar refractivity (Wildman–Crippen MR) is 111 cm³/mol. The first-order valence-electron chi connectivity index (χ1n) is 8.89. The standard InChI is InChI=1S/C21H24N2O4S/c1-13(21-22-15-8-6-7-9-17(15)28-21)23(2)18(24)12-14-10-11-16(25-3)20(27-5)19(14)26-4/h6-11,13H,12H2,1-5H3/t13-/m1/s1. The molecule has 3 aromatic rings. The lowest BCUT2D eigenvalue weighted by molar-refractivity contribution is -0.131. The van der Waals surface area contributed by atoms with Crippen LogP contribution in [0.1, 0.15) is 23.5 Å². The number of ether oxygens (including phenoxy) is 3. The van der Waals surface area contributed by atoms with E-state index in [1.54, 1.807) is 50.7 Å². The van der Waals surface area contributed by atoms with E-state index >= 15 is 0 Å². The quantitative estimate of drug-likeness (QED) is 0.598. The summed E-state index contributed by atoms with van der Waals surface area (Å²) in [6.07, 6.45) is 0.190. The fourth-order valence-electron chi connectivity index (χ4n) is 3.04. The van der Waals surface area contributed by atoms with Crippen LogP contribution in [0.4, 0.5) is 0 Å². The first-order chi connectivity index (χ1) is 13.5. The fourth-order valence-corrected chi connectivity index (χ4v) is 4.10. The molecule has 1 aromatic heterocycles. The lowest BCUT2D eigenvalue weighted by Gasteiger charge is -2.24. The Labute approximate surface area is 168 Å². The maximum absolute atomic E-state index is 12.9. The summed E-state index contributed by atoms with van der Waals surface area (Å²) in [5.74, 6) is 1.53. The van der Waals surface area contributed by atoms with Gasteiger partial charge in [-0.2, -0.15) is 0 Å². The summed E-state index contributed by atoms with van der Waals surface area (Å²) in [6.45, 7) is 1.99. The molecule has 0 N–H and O–H groups in total. The number of rotatable bonds is 7. The molecule has 1 amide bonds. The van der Waals surface area contributed by atoms with Crippen LogP contribution >= 0.6 is 11.3 Å². The Bertz CT molecular complexity index is 953. The van der Waals surface area contributed by atoms with E-state index in [0.29, 0.717) is 17.2 Å². The van der Waals surface area contributed by atoms with Crippen molar-refractivity contribution in [2.75, 3.05) is 28.4 Å². The second-order valence-corrected chi connectivity index (χ2v) is 7.43. The van der Waals surface area contributed by atoms with Crippen LogP contribution in [0.2, 0.25) is 0 Å². The number of fused-ring (bicyclic) bond motifs is 1. The average molecular weight is 401 g/mol. The zero-order chi connectivity index (χ0) is 20.3. The number of carbonyl (C=O) groups is 1. The predicted octanol–water partition coefficient (Wildman–Crippen LogP) is 4.08. The Morgan fingerprint density at radius 1 is 1.07 bits per heavy atom. The van der Waals surface area contributed by atoms with E-state index in [9.17, 15) is 4.79 Å². The van der Waals surface area contributed by atoms with Crippen molar-refractivity contribution in [3.8, 4) is 17.2 Å². The molecule has 0 saturated heterocycles. The number of para-hydroxylation sites is 1. The molecule has 2 aromatic carbocycles. The van der Waals surface area contributed by atoms with E-state index in [2.05, 4.69) is 4.98 Å². The van der Waals surface area contributed by atoms with Gasteiger partial charge in [0.15, 0.2) is 11.5 Å². The van der Waals surface area contributed by atoms with Gasteiger partial charge in [-0.3, -0.25) is 4.79 Å². The SMILES string of the molecule is COc1ccc(CC(=O)N(C)[C@H](C)c2nc3ccccc3s2)c(OC)c1OC. The fraction of sp³-hybridized carbons (Fsp3) is 0.333. The number of thiazole rings is 1. The Morgan fingerprint density at radius 3 is 2.43 bits per heavy atom. The summed E-state index contributed by atoms with van der Waals surface area (Å²) in [4.78, 5) is 19.3. The zero-order valence-corrected chi connectivity index (χ0v) is 17.5. The van der Waals surface area contributed by atoms with Crippen molar-refractivity contribution in [3.05, 3.63) is 47.0 Å². The van der Waals surface area contributed by atoms with Crippen LogP contribution in [-0.2, 0) is 11.2 Å². The van der Waals surface area contributed by atoms with Gasteiger partial charge in [-0.05, 0) is 25.1 Å². The Balaban J connectivity index is 1.82. The summed E-state index contributed by atoms with van der Waals surface area (Å²) in [5, 5.41) is 0.913. The summed E-state index contributed by atoms with van der Waals surface area (Å²) >= 11 is 1.61. The molecule has 1 heterocycles. The van der Waals surface area contributed by atoms with Crippen LogP contribution in [0, 0.1) is 0 Å². The average Bonchev–Trinajstić information content (AvgIpc) is 3.16. The van der Waals surface area contributed by atoms with E-state index in [1.165, 1.54) is 0 Å². The van der Waals surface area contributed by atoms with Gasteiger partial charge >= 0.3 is 0 Å². The minimum atomic E-state index is -0.129. The summed E-state index contributed by atoms with van der Waals surface area (Å²) in [6, 6.07) is 11.5. The van der Waals surface area contributed by atoms with Gasteiger partial charge in [0.05, 0.1) is 44.0 Å². The Morgan fingerprint density at radius 2 is 1.79 bits per heavy atom. The molecule has 0 aliphatic heterocycles. The zero-order valence-electron chi connectivity index (χ0n) is 16.7. The third-order valence-corrected chi connectivity index (χ3v) is 5.98. The highest BCUT2D eigenvalue weighted by Gasteiger charge is 2.23. The molecule has 0 aliphatic rings. The number of nitrogens with zero attached hydrogens (tertiary/aromatic N) is 2. The van der Waals surface area contributed by atoms with Gasteiger partial charge in [0.25, 0.3) is 0 Å². The molecular formula is C21H24N2O4S. The second-order valence-electron chi connectivity index (χ2n) is 6.37. The number of hydrogen-bond donors (Lipinski definition) is 0. The van der Waals surface area contributed by atoms with Gasteiger partial charge in [-0.1, -0.05) is 18.2 Å². The Hall–Kier alpha value is -2.80. The monoisotopic (exact) mass is 400 g/mol. The second kappa shape index (κ2) is 8.48. The van der Waals surface area contributed by atoms with E-state index in [4.69, 9.17) is 14.2 Å². The highest BCUT2D eigenvalue weighted by molar-refractivity contribution is 7.18. The van der Waals surface area contributed by atoms with Gasteiger partial charge in [-0.25, -0.2) is 4.98 Å². The molecule has 0 radical (unpaired) electrons. The maximum atomic E-state index is 12.9. The number of amides is 1. The molecule has 148 valence electrons. The Kier molecular flexibility index (Phi) is 6.04. The third-order valence-electron chi connectivity index (χ3n) is 4.77. The van der Waals surface area contributed by atoms with Crippen molar-refractivity contribution >= 4 is 27.5 Å². The van der Waals surface area contributed by atoms with Crippen molar-refractivity contribution in [3.63, 3.8) is 0 Å². The molecule has 6 nitrogen and oxygen atoms in total. The molecule has 0 bridgehead atoms. The van der Waals surface area contributed by atoms with Crippen molar-refractivity contribution in [1.29, 1.82) is 0 Å². The molecule has 7 heteroatoms. The van der Waals surface area contributed by atoms with Crippen LogP contribution in [-0.4, -0.2) is 44.2 Å². The summed E-state index contributed by atoms with van der Waals surface area (Å²) in [5.41, 5.74) is 1.70. The van der Waals surface area contributed by atoms with Gasteiger partial charge in [0.2, 0.25) is 11.7 Å². The smallest absolute Gasteiger partial charge is 0.227 e. The molecule has 0 unspecified atom stereocenters. The van der Waals surface area contributed by atoms with Crippen LogP contribution in [0.5, 0.6) is 17.2 Å². The highest BCUT2D eigenvalue weighted by atomic mass is 32.1. The van der Waals surface area contributed by atoms with Crippen molar-refractivity contribution in [2.24, 2.45) is 0 Å². The van der Waals surface area contributed by atoms with Gasteiger partial charge < -0.3 is 19.1 Å². The highest BCUT2D eigenvalue weighted by Crippen LogP contribution is 2.40. The van der Waals surface area contributed by atoms with E-state index in [1.807, 2.05) is 37.3 Å². The first-order valence-corrected chi connectivity index (χ1v) is 9.70. The van der Waals surface area contributed by atoms with Crippen molar-refractivity contribution in [1.82, 2.24) is 9.88 Å². The van der Waals surface area contributed by atoms with Crippen LogP contribution in [0.25, 0.3) is 10.2 Å². The molecule has 3 rings (SSSR count). The lowest BCUT2D eigenvalue weighted by atomic mass is 10.1. The third kappa shape index (κ3) is 3.75. The van der Waals surface area contributed by atoms with Crippen LogP contribution < -0.4 is 14.2 Å². The van der Waals surface area contributed by atoms with E-state index in [-0.39, 0.29) is 18.4 Å². The molecule has 0 spiro atoms. The number of aromatic nitrogens is 1. The topological polar surface area (TPSA) is 60.9 Å². The summed E-state index contributed by atoms with van der Waals surface area (Å²) < 4.78 is 17.3. The largest absolute Gasteiger partial charge is 0.493 e. The van der Waals surface area contributed by atoms with Crippen LogP contribution in [0.3, 0.4) is 0 Å². The van der Waals surface area contributed by atoms with Crippen LogP contribution in [0.15, 0.2) is 36.4 Å². The number of hydrogen-bond acceptors (Lipinski definition) is 6. The van der Waals surface area contributed by atoms with Gasteiger partial charge in [-0.15, -0.1) is 11.3 Å². The lowest BCUT2D eigenvalue weighted by Crippen LogP contribution is -2.31. The maximum Gasteiger partial charge on any atom is 0.227 e. The minimum Gasteiger partial charge on any atom is -0.493 e. The number of benzene rings is 2. The normalized spacial score (nSPS) is 11.9. The molecule has 0 fully saturated rings. The number of carbonyl (C=O) groups excluding carboxylic acids is 1. The van der Waals surface area contributed by atoms with Gasteiger partial charge in [0, 0.05) is 12.6 Å². The van der Waals surface area contributed by atoms with E-state index in [0.717, 1.165) is 20.8 Å². The molecule has 28 heavy (non-hydrogen) atoms. The summed E-state index contributed by atoms with van der Waals surface area (Å²) in [7, 11) is 6.47. The van der Waals surface area contributed by atoms with Gasteiger partial charge in [0.1, 0.15) is 5.01 Å². The minimum absolute atomic E-state index is 0.0303. The molecule has 0 saturated carbocycles. The molecule has 0 aliphatic carbocycles. The van der Waals surface area contributed by atoms with E-state index < -0.39 is 0 Å². The first kappa shape index (κ1) is 19.9. The molecule has 1 atom stereocenters. The number of likely N-dealkylation sites (N-methyl/N-ethyl adjacent to an activating group) is 1. The number of methoxy groups -OCH3 is 3. The van der Waals surface area contributed by atoms with Crippen molar-refractivity contribution < 1.29 is 19.0 Å². The molecular weight excluding hydrogens is 376 g/mol. The van der Waals surface area contributed by atoms with Crippen molar-refractivity contribution in [2.45, 2.75) is 19.4 Å².